The van der Waals surface area contributed by atoms with Crippen LogP contribution in [0.5, 0.6) is 0 Å². The normalized spacial score (nSPS) is 10.4. The SMILES string of the molecule is Cc1cc(C(=O)NCc2ccccc2CC(=O)O)n(C)n1. The molecule has 0 saturated heterocycles. The molecule has 0 radical (unpaired) electrons. The van der Waals surface area contributed by atoms with Crippen molar-refractivity contribution in [1.82, 2.24) is 15.1 Å². The first-order chi connectivity index (χ1) is 9.97. The molecule has 0 saturated carbocycles. The maximum absolute atomic E-state index is 12.1. The van der Waals surface area contributed by atoms with Crippen LogP contribution in [0, 0.1) is 6.92 Å². The first-order valence-corrected chi connectivity index (χ1v) is 6.55. The minimum Gasteiger partial charge on any atom is -0.481 e. The number of rotatable bonds is 5. The summed E-state index contributed by atoms with van der Waals surface area (Å²) in [6.07, 6.45) is -0.0587. The Morgan fingerprint density at radius 3 is 2.52 bits per heavy atom. The van der Waals surface area contributed by atoms with Gasteiger partial charge in [0, 0.05) is 13.6 Å². The molecular formula is C15H17N3O3. The highest BCUT2D eigenvalue weighted by Gasteiger charge is 2.12. The molecule has 2 aromatic rings. The molecule has 0 unspecified atom stereocenters. The summed E-state index contributed by atoms with van der Waals surface area (Å²) in [5, 5.41) is 15.8. The van der Waals surface area contributed by atoms with Gasteiger partial charge in [-0.25, -0.2) is 0 Å². The van der Waals surface area contributed by atoms with Crippen molar-refractivity contribution in [3.63, 3.8) is 0 Å². The molecule has 0 aliphatic carbocycles. The molecule has 1 amide bonds. The number of hydrogen-bond acceptors (Lipinski definition) is 3. The van der Waals surface area contributed by atoms with Crippen molar-refractivity contribution in [2.24, 2.45) is 7.05 Å². The van der Waals surface area contributed by atoms with Crippen molar-refractivity contribution in [2.45, 2.75) is 19.9 Å². The minimum absolute atomic E-state index is 0.0587. The Morgan fingerprint density at radius 1 is 1.29 bits per heavy atom. The number of aliphatic carboxylic acids is 1. The van der Waals surface area contributed by atoms with Gasteiger partial charge in [-0.05, 0) is 24.1 Å². The third-order valence-electron chi connectivity index (χ3n) is 3.13. The maximum atomic E-state index is 12.1. The summed E-state index contributed by atoms with van der Waals surface area (Å²) in [6.45, 7) is 2.10. The molecule has 0 aliphatic heterocycles. The summed E-state index contributed by atoms with van der Waals surface area (Å²) in [5.41, 5.74) is 2.75. The first kappa shape index (κ1) is 14.8. The Kier molecular flexibility index (Phi) is 4.37. The average molecular weight is 287 g/mol. The molecule has 1 aromatic heterocycles. The van der Waals surface area contributed by atoms with Crippen LogP contribution in [-0.2, 0) is 24.8 Å². The number of aryl methyl sites for hydroxylation is 2. The smallest absolute Gasteiger partial charge is 0.307 e. The Balaban J connectivity index is 2.08. The molecule has 6 nitrogen and oxygen atoms in total. The van der Waals surface area contributed by atoms with Gasteiger partial charge in [0.25, 0.3) is 5.91 Å². The monoisotopic (exact) mass is 287 g/mol. The van der Waals surface area contributed by atoms with Crippen LogP contribution in [0.1, 0.15) is 27.3 Å². The number of carbonyl (C=O) groups excluding carboxylic acids is 1. The van der Waals surface area contributed by atoms with Crippen LogP contribution in [0.2, 0.25) is 0 Å². The lowest BCUT2D eigenvalue weighted by Crippen LogP contribution is -2.25. The zero-order valence-corrected chi connectivity index (χ0v) is 12.0. The van der Waals surface area contributed by atoms with Gasteiger partial charge in [0.05, 0.1) is 12.1 Å². The second kappa shape index (κ2) is 6.21. The number of benzene rings is 1. The van der Waals surface area contributed by atoms with E-state index in [1.165, 1.54) is 4.68 Å². The van der Waals surface area contributed by atoms with Crippen molar-refractivity contribution >= 4 is 11.9 Å². The molecule has 21 heavy (non-hydrogen) atoms. The molecule has 0 aliphatic rings. The predicted octanol–water partition coefficient (Wildman–Crippen LogP) is 1.29. The number of carbonyl (C=O) groups is 2. The second-order valence-corrected chi connectivity index (χ2v) is 4.82. The second-order valence-electron chi connectivity index (χ2n) is 4.82. The van der Waals surface area contributed by atoms with Crippen LogP contribution in [0.15, 0.2) is 30.3 Å². The van der Waals surface area contributed by atoms with E-state index in [1.54, 1.807) is 25.2 Å². The van der Waals surface area contributed by atoms with Crippen LogP contribution in [0.3, 0.4) is 0 Å². The highest BCUT2D eigenvalue weighted by Crippen LogP contribution is 2.10. The lowest BCUT2D eigenvalue weighted by Gasteiger charge is -2.09. The third kappa shape index (κ3) is 3.68. The number of carboxylic acids is 1. The van der Waals surface area contributed by atoms with Crippen LogP contribution < -0.4 is 5.32 Å². The van der Waals surface area contributed by atoms with Crippen LogP contribution in [-0.4, -0.2) is 26.8 Å². The van der Waals surface area contributed by atoms with Gasteiger partial charge in [-0.15, -0.1) is 0 Å². The Hall–Kier alpha value is -2.63. The van der Waals surface area contributed by atoms with Crippen LogP contribution >= 0.6 is 0 Å². The average Bonchev–Trinajstić information content (AvgIpc) is 2.76. The Bertz CT molecular complexity index is 677. The quantitative estimate of drug-likeness (QED) is 0.867. The van der Waals surface area contributed by atoms with E-state index >= 15 is 0 Å². The van der Waals surface area contributed by atoms with Gasteiger partial charge in [0.15, 0.2) is 0 Å². The fourth-order valence-corrected chi connectivity index (χ4v) is 2.15. The van der Waals surface area contributed by atoms with E-state index in [9.17, 15) is 9.59 Å². The van der Waals surface area contributed by atoms with E-state index in [0.29, 0.717) is 11.3 Å². The molecule has 0 spiro atoms. The molecule has 6 heteroatoms. The highest BCUT2D eigenvalue weighted by molar-refractivity contribution is 5.92. The summed E-state index contributed by atoms with van der Waals surface area (Å²) in [5.74, 6) is -1.13. The number of hydrogen-bond donors (Lipinski definition) is 2. The van der Waals surface area contributed by atoms with Gasteiger partial charge in [0.2, 0.25) is 0 Å². The lowest BCUT2D eigenvalue weighted by atomic mass is 10.0. The van der Waals surface area contributed by atoms with Gasteiger partial charge in [-0.1, -0.05) is 24.3 Å². The van der Waals surface area contributed by atoms with Gasteiger partial charge >= 0.3 is 5.97 Å². The molecular weight excluding hydrogens is 270 g/mol. The molecule has 0 fully saturated rings. The standard InChI is InChI=1S/C15H17N3O3/c1-10-7-13(18(2)17-10)15(21)16-9-12-6-4-3-5-11(12)8-14(19)20/h3-7H,8-9H2,1-2H3,(H,16,21)(H,19,20). The van der Waals surface area contributed by atoms with E-state index in [2.05, 4.69) is 10.4 Å². The van der Waals surface area contributed by atoms with Gasteiger partial charge in [-0.2, -0.15) is 5.10 Å². The number of carboxylic acid groups (broad SMARTS) is 1. The highest BCUT2D eigenvalue weighted by atomic mass is 16.4. The number of amides is 1. The van der Waals surface area contributed by atoms with E-state index < -0.39 is 5.97 Å². The summed E-state index contributed by atoms with van der Waals surface area (Å²) >= 11 is 0. The predicted molar refractivity (Wildman–Crippen MR) is 76.9 cm³/mol. The molecule has 1 heterocycles. The fraction of sp³-hybridized carbons (Fsp3) is 0.267. The minimum atomic E-state index is -0.893. The van der Waals surface area contributed by atoms with E-state index in [0.717, 1.165) is 11.3 Å². The third-order valence-corrected chi connectivity index (χ3v) is 3.13. The summed E-state index contributed by atoms with van der Waals surface area (Å²) < 4.78 is 1.52. The first-order valence-electron chi connectivity index (χ1n) is 6.55. The molecule has 2 rings (SSSR count). The van der Waals surface area contributed by atoms with E-state index in [1.807, 2.05) is 19.1 Å². The van der Waals surface area contributed by atoms with Crippen molar-refractivity contribution in [1.29, 1.82) is 0 Å². The molecule has 110 valence electrons. The number of aromatic nitrogens is 2. The van der Waals surface area contributed by atoms with Crippen molar-refractivity contribution in [2.75, 3.05) is 0 Å². The Morgan fingerprint density at radius 2 is 1.95 bits per heavy atom. The van der Waals surface area contributed by atoms with Crippen molar-refractivity contribution < 1.29 is 14.7 Å². The largest absolute Gasteiger partial charge is 0.481 e. The lowest BCUT2D eigenvalue weighted by molar-refractivity contribution is -0.136. The summed E-state index contributed by atoms with van der Waals surface area (Å²) in [4.78, 5) is 22.9. The molecule has 0 atom stereocenters. The molecule has 2 N–H and O–H groups in total. The topological polar surface area (TPSA) is 84.2 Å². The summed E-state index contributed by atoms with van der Waals surface area (Å²) in [6, 6.07) is 8.88. The fourth-order valence-electron chi connectivity index (χ4n) is 2.15. The van der Waals surface area contributed by atoms with Crippen LogP contribution in [0.25, 0.3) is 0 Å². The maximum Gasteiger partial charge on any atom is 0.307 e. The summed E-state index contributed by atoms with van der Waals surface area (Å²) in [7, 11) is 1.71. The molecule has 0 bridgehead atoms. The van der Waals surface area contributed by atoms with Crippen molar-refractivity contribution in [3.8, 4) is 0 Å². The zero-order valence-electron chi connectivity index (χ0n) is 12.0. The molecule has 1 aromatic carbocycles. The van der Waals surface area contributed by atoms with E-state index in [4.69, 9.17) is 5.11 Å². The van der Waals surface area contributed by atoms with Gasteiger partial charge in [0.1, 0.15) is 5.69 Å². The number of nitrogens with zero attached hydrogens (tertiary/aromatic N) is 2. The zero-order chi connectivity index (χ0) is 15.4. The number of nitrogens with one attached hydrogen (secondary N) is 1. The van der Waals surface area contributed by atoms with Crippen molar-refractivity contribution in [3.05, 3.63) is 52.8 Å². The van der Waals surface area contributed by atoms with E-state index in [-0.39, 0.29) is 18.9 Å². The van der Waals surface area contributed by atoms with Gasteiger partial charge < -0.3 is 10.4 Å². The van der Waals surface area contributed by atoms with Crippen LogP contribution in [0.4, 0.5) is 0 Å². The Labute approximate surface area is 122 Å². The van der Waals surface area contributed by atoms with Gasteiger partial charge in [-0.3, -0.25) is 14.3 Å².